The largest absolute Gasteiger partial charge is 0.469 e. The number of ether oxygens (including phenoxy) is 2. The monoisotopic (exact) mass is 166 g/mol. The van der Waals surface area contributed by atoms with Crippen molar-refractivity contribution in [3.8, 4) is 0 Å². The minimum Gasteiger partial charge on any atom is -0.469 e. The van der Waals surface area contributed by atoms with E-state index in [0.717, 1.165) is 0 Å². The van der Waals surface area contributed by atoms with Gasteiger partial charge in [0.15, 0.2) is 0 Å². The van der Waals surface area contributed by atoms with Gasteiger partial charge in [-0.3, -0.25) is 9.59 Å². The van der Waals surface area contributed by atoms with Crippen LogP contribution in [0.15, 0.2) is 0 Å². The zero-order chi connectivity index (χ0) is 8.57. The molecule has 0 amide bonds. The van der Waals surface area contributed by atoms with Gasteiger partial charge < -0.3 is 14.9 Å². The fourth-order valence-corrected chi connectivity index (χ4v) is 0. The van der Waals surface area contributed by atoms with Crippen molar-refractivity contribution in [3.05, 3.63) is 0 Å². The highest BCUT2D eigenvalue weighted by molar-refractivity contribution is 5.65. The summed E-state index contributed by atoms with van der Waals surface area (Å²) in [7, 11) is 2.70. The minimum absolute atomic E-state index is 0. The number of carbonyl (C=O) groups is 2. The maximum absolute atomic E-state index is 9.59. The maximum atomic E-state index is 9.59. The van der Waals surface area contributed by atoms with Crippen LogP contribution in [0.2, 0.25) is 0 Å². The number of hydrogen-bond acceptors (Lipinski definition) is 4. The number of esters is 2. The highest BCUT2D eigenvalue weighted by Crippen LogP contribution is 1.60. The second kappa shape index (κ2) is 11.7. The number of hydrogen-bond donors (Lipinski definition) is 0. The van der Waals surface area contributed by atoms with Gasteiger partial charge in [0.05, 0.1) is 14.2 Å². The summed E-state index contributed by atoms with van der Waals surface area (Å²) in [5, 5.41) is 0. The van der Waals surface area contributed by atoms with Crippen molar-refractivity contribution < 1.29 is 24.5 Å². The molecule has 0 atom stereocenters. The highest BCUT2D eigenvalue weighted by Gasteiger charge is 1.76. The van der Waals surface area contributed by atoms with Gasteiger partial charge in [-0.1, -0.05) is 0 Å². The van der Waals surface area contributed by atoms with Crippen molar-refractivity contribution in [2.75, 3.05) is 14.2 Å². The molecule has 0 aliphatic rings. The van der Waals surface area contributed by atoms with Crippen molar-refractivity contribution in [1.29, 1.82) is 0 Å². The Kier molecular flexibility index (Phi) is 17.5. The van der Waals surface area contributed by atoms with Crippen LogP contribution in [0.3, 0.4) is 0 Å². The lowest BCUT2D eigenvalue weighted by molar-refractivity contribution is -0.138. The molecule has 0 saturated carbocycles. The smallest absolute Gasteiger partial charge is 0.302 e. The van der Waals surface area contributed by atoms with E-state index in [1.165, 1.54) is 28.1 Å². The lowest BCUT2D eigenvalue weighted by atomic mass is 10.8. The third-order valence-electron chi connectivity index (χ3n) is 0.575. The van der Waals surface area contributed by atoms with Crippen LogP contribution < -0.4 is 0 Å². The molecule has 2 N–H and O–H groups in total. The Hall–Kier alpha value is -1.10. The minimum atomic E-state index is -0.245. The molecule has 0 fully saturated rings. The van der Waals surface area contributed by atoms with Crippen LogP contribution in [0.1, 0.15) is 13.8 Å². The molecule has 0 unspecified atom stereocenters. The maximum Gasteiger partial charge on any atom is 0.302 e. The van der Waals surface area contributed by atoms with Crippen LogP contribution in [0.4, 0.5) is 0 Å². The topological polar surface area (TPSA) is 84.1 Å². The molecule has 0 aliphatic heterocycles. The summed E-state index contributed by atoms with van der Waals surface area (Å²) in [5.41, 5.74) is 0. The number of methoxy groups -OCH3 is 2. The van der Waals surface area contributed by atoms with Crippen LogP contribution in [0, 0.1) is 0 Å². The highest BCUT2D eigenvalue weighted by atomic mass is 16.5. The van der Waals surface area contributed by atoms with E-state index in [9.17, 15) is 9.59 Å². The van der Waals surface area contributed by atoms with Crippen molar-refractivity contribution in [1.82, 2.24) is 0 Å². The Morgan fingerprint density at radius 1 is 0.909 bits per heavy atom. The van der Waals surface area contributed by atoms with E-state index >= 15 is 0 Å². The quantitative estimate of drug-likeness (QED) is 0.455. The fourth-order valence-electron chi connectivity index (χ4n) is 0. The lowest BCUT2D eigenvalue weighted by Gasteiger charge is -1.80. The molecule has 68 valence electrons. The van der Waals surface area contributed by atoms with Crippen LogP contribution >= 0.6 is 0 Å². The molecule has 0 aromatic heterocycles. The van der Waals surface area contributed by atoms with Gasteiger partial charge in [0, 0.05) is 13.8 Å². The van der Waals surface area contributed by atoms with Gasteiger partial charge in [-0.15, -0.1) is 0 Å². The first-order valence-corrected chi connectivity index (χ1v) is 2.63. The zero-order valence-electron chi connectivity index (χ0n) is 7.13. The van der Waals surface area contributed by atoms with Gasteiger partial charge in [-0.25, -0.2) is 0 Å². The Bertz CT molecular complexity index is 95.5. The predicted molar refractivity (Wildman–Crippen MR) is 39.0 cm³/mol. The van der Waals surface area contributed by atoms with Crippen LogP contribution in [-0.4, -0.2) is 31.6 Å². The van der Waals surface area contributed by atoms with Gasteiger partial charge in [0.1, 0.15) is 0 Å². The van der Waals surface area contributed by atoms with Crippen molar-refractivity contribution in [2.45, 2.75) is 13.8 Å². The van der Waals surface area contributed by atoms with Gasteiger partial charge in [0.2, 0.25) is 0 Å². The zero-order valence-corrected chi connectivity index (χ0v) is 7.13. The number of rotatable bonds is 0. The van der Waals surface area contributed by atoms with Gasteiger partial charge in [0.25, 0.3) is 0 Å². The first-order valence-electron chi connectivity index (χ1n) is 2.63. The molecule has 5 nitrogen and oxygen atoms in total. The van der Waals surface area contributed by atoms with Crippen molar-refractivity contribution >= 4 is 11.9 Å². The first kappa shape index (κ1) is 16.5. The Morgan fingerprint density at radius 3 is 1.00 bits per heavy atom. The van der Waals surface area contributed by atoms with E-state index in [2.05, 4.69) is 9.47 Å². The average Bonchev–Trinajstić information content (AvgIpc) is 1.89. The van der Waals surface area contributed by atoms with Crippen molar-refractivity contribution in [2.24, 2.45) is 0 Å². The summed E-state index contributed by atoms with van der Waals surface area (Å²) < 4.78 is 8.22. The predicted octanol–water partition coefficient (Wildman–Crippen LogP) is -0.466. The number of carbonyl (C=O) groups excluding carboxylic acids is 2. The van der Waals surface area contributed by atoms with Crippen molar-refractivity contribution in [3.63, 3.8) is 0 Å². The Labute approximate surface area is 65.6 Å². The van der Waals surface area contributed by atoms with Gasteiger partial charge >= 0.3 is 11.9 Å². The molecule has 5 heteroatoms. The normalized spacial score (nSPS) is 6.18. The summed E-state index contributed by atoms with van der Waals surface area (Å²) >= 11 is 0. The summed E-state index contributed by atoms with van der Waals surface area (Å²) in [4.78, 5) is 19.2. The second-order valence-corrected chi connectivity index (χ2v) is 1.39. The van der Waals surface area contributed by atoms with Crippen LogP contribution in [0.25, 0.3) is 0 Å². The molecular weight excluding hydrogens is 152 g/mol. The Balaban J connectivity index is -0.000000107. The standard InChI is InChI=1S/2C3H6O2.H2O/c2*1-3(4)5-2;/h2*1-2H3;1H2. The van der Waals surface area contributed by atoms with E-state index in [4.69, 9.17) is 0 Å². The van der Waals surface area contributed by atoms with E-state index in [1.54, 1.807) is 0 Å². The average molecular weight is 166 g/mol. The van der Waals surface area contributed by atoms with E-state index in [-0.39, 0.29) is 17.4 Å². The van der Waals surface area contributed by atoms with Gasteiger partial charge in [-0.05, 0) is 0 Å². The molecule has 0 aliphatic carbocycles. The SMILES string of the molecule is COC(C)=O.COC(C)=O.O. The molecular formula is C6H14O5. The molecule has 0 radical (unpaired) electrons. The van der Waals surface area contributed by atoms with E-state index < -0.39 is 0 Å². The molecule has 0 aromatic carbocycles. The van der Waals surface area contributed by atoms with E-state index in [0.29, 0.717) is 0 Å². The summed E-state index contributed by atoms with van der Waals surface area (Å²) in [6, 6.07) is 0. The summed E-state index contributed by atoms with van der Waals surface area (Å²) in [6.07, 6.45) is 0. The van der Waals surface area contributed by atoms with Crippen LogP contribution in [0.5, 0.6) is 0 Å². The second-order valence-electron chi connectivity index (χ2n) is 1.39. The molecule has 0 aromatic rings. The van der Waals surface area contributed by atoms with Gasteiger partial charge in [-0.2, -0.15) is 0 Å². The lowest BCUT2D eigenvalue weighted by Crippen LogP contribution is -1.88. The van der Waals surface area contributed by atoms with Crippen LogP contribution in [-0.2, 0) is 19.1 Å². The molecule has 0 saturated heterocycles. The first-order chi connectivity index (χ1) is 4.54. The molecule has 0 rings (SSSR count). The van der Waals surface area contributed by atoms with E-state index in [1.807, 2.05) is 0 Å². The molecule has 0 spiro atoms. The molecule has 0 bridgehead atoms. The third kappa shape index (κ3) is 50.4. The molecule has 0 heterocycles. The molecule has 11 heavy (non-hydrogen) atoms. The summed E-state index contributed by atoms with van der Waals surface area (Å²) in [6.45, 7) is 2.72. The summed E-state index contributed by atoms with van der Waals surface area (Å²) in [5.74, 6) is -0.491. The third-order valence-corrected chi connectivity index (χ3v) is 0.575. The fraction of sp³-hybridized carbons (Fsp3) is 0.667. The Morgan fingerprint density at radius 2 is 1.00 bits per heavy atom.